The Kier molecular flexibility index (Phi) is 9.80. The summed E-state index contributed by atoms with van der Waals surface area (Å²) in [7, 11) is 0. The van der Waals surface area contributed by atoms with Gasteiger partial charge in [0.25, 0.3) is 0 Å². The summed E-state index contributed by atoms with van der Waals surface area (Å²) in [5, 5.41) is 0. The van der Waals surface area contributed by atoms with Gasteiger partial charge < -0.3 is 26.8 Å². The first-order valence-corrected chi connectivity index (χ1v) is 11.1. The third kappa shape index (κ3) is 7.25. The Morgan fingerprint density at radius 1 is 1.17 bits per heavy atom. The lowest BCUT2D eigenvalue weighted by molar-refractivity contribution is -0.139. The largest absolute Gasteiger partial charge is 0.462 e. The van der Waals surface area contributed by atoms with Crippen LogP contribution in [0, 0.1) is 0 Å². The number of unbranched alkanes of at least 4 members (excludes halogenated alkanes) is 6. The number of carbonyl (C=O) groups is 1. The molecule has 29 heavy (non-hydrogen) atoms. The van der Waals surface area contributed by atoms with Crippen molar-refractivity contribution in [3.05, 3.63) is 11.3 Å². The molecule has 6 N–H and O–H groups in total. The number of nitrogens with two attached hydrogens (primary N) is 3. The molecule has 0 aromatic rings. The van der Waals surface area contributed by atoms with Crippen molar-refractivity contribution in [2.24, 2.45) is 27.2 Å². The number of rotatable bonds is 13. The number of nitrogens with zero attached hydrogens (tertiary/aromatic N) is 3. The summed E-state index contributed by atoms with van der Waals surface area (Å²) < 4.78 is 5.58. The molecule has 1 saturated heterocycles. The third-order valence-electron chi connectivity index (χ3n) is 5.46. The van der Waals surface area contributed by atoms with Crippen LogP contribution in [0.25, 0.3) is 0 Å². The van der Waals surface area contributed by atoms with E-state index in [9.17, 15) is 4.79 Å². The second kappa shape index (κ2) is 12.3. The zero-order chi connectivity index (χ0) is 21.1. The van der Waals surface area contributed by atoms with Gasteiger partial charge in [0.2, 0.25) is 0 Å². The lowest BCUT2D eigenvalue weighted by Gasteiger charge is -2.30. The number of hydrogen-bond acceptors (Lipinski definition) is 6. The maximum Gasteiger partial charge on any atom is 0.337 e. The summed E-state index contributed by atoms with van der Waals surface area (Å²) in [6, 6.07) is -0.181. The van der Waals surface area contributed by atoms with Gasteiger partial charge in [-0.2, -0.15) is 0 Å². The zero-order valence-electron chi connectivity index (χ0n) is 17.9. The monoisotopic (exact) mass is 406 g/mol. The zero-order valence-corrected chi connectivity index (χ0v) is 17.9. The van der Waals surface area contributed by atoms with E-state index >= 15 is 0 Å². The molecule has 2 aliphatic heterocycles. The number of esters is 1. The molecule has 1 fully saturated rings. The topological polar surface area (TPSA) is 132 Å². The minimum absolute atomic E-state index is 0.0884. The first kappa shape index (κ1) is 23.0. The molecule has 0 spiro atoms. The molecule has 2 rings (SSSR count). The average Bonchev–Trinajstić information content (AvgIpc) is 3.17. The standard InChI is InChI=1S/C21H38N6O2/c1-2-3-4-5-6-7-11-16-18(17-12-10-14-27(17)21(24)26-16)19(28)29-15-9-8-13-25-20(22)23/h16H,2-15H2,1H3,(H2,24,26)(H4,22,23,25)/t16-/m1/s1. The van der Waals surface area contributed by atoms with E-state index in [1.165, 1.54) is 25.7 Å². The fourth-order valence-electron chi connectivity index (χ4n) is 3.94. The van der Waals surface area contributed by atoms with Crippen molar-refractivity contribution in [2.45, 2.75) is 83.6 Å². The van der Waals surface area contributed by atoms with Crippen LogP contribution < -0.4 is 17.2 Å². The molecule has 0 aromatic heterocycles. The van der Waals surface area contributed by atoms with Crippen LogP contribution in [0.3, 0.4) is 0 Å². The number of hydrogen-bond donors (Lipinski definition) is 3. The quantitative estimate of drug-likeness (QED) is 0.186. The second-order valence-corrected chi connectivity index (χ2v) is 7.82. The van der Waals surface area contributed by atoms with Crippen molar-refractivity contribution in [1.82, 2.24) is 4.90 Å². The first-order chi connectivity index (χ1) is 14.0. The highest BCUT2D eigenvalue weighted by molar-refractivity contribution is 5.95. The van der Waals surface area contributed by atoms with Gasteiger partial charge in [0.05, 0.1) is 18.2 Å². The van der Waals surface area contributed by atoms with Crippen molar-refractivity contribution in [3.63, 3.8) is 0 Å². The van der Waals surface area contributed by atoms with E-state index in [2.05, 4.69) is 16.9 Å². The Labute approximate surface area is 174 Å². The van der Waals surface area contributed by atoms with Crippen molar-refractivity contribution < 1.29 is 9.53 Å². The number of carbonyl (C=O) groups excluding carboxylic acids is 1. The maximum atomic E-state index is 12.9. The molecule has 0 radical (unpaired) electrons. The predicted molar refractivity (Wildman–Crippen MR) is 117 cm³/mol. The number of aliphatic imine (C=N–C) groups is 2. The fourth-order valence-corrected chi connectivity index (χ4v) is 3.94. The van der Waals surface area contributed by atoms with Gasteiger partial charge >= 0.3 is 5.97 Å². The molecule has 0 aliphatic carbocycles. The highest BCUT2D eigenvalue weighted by Gasteiger charge is 2.35. The summed E-state index contributed by atoms with van der Waals surface area (Å²) in [6.45, 7) is 3.95. The Morgan fingerprint density at radius 2 is 1.93 bits per heavy atom. The van der Waals surface area contributed by atoms with Crippen LogP contribution in [0.5, 0.6) is 0 Å². The third-order valence-corrected chi connectivity index (χ3v) is 5.46. The molecule has 2 aliphatic rings. The van der Waals surface area contributed by atoms with Gasteiger partial charge in [0, 0.05) is 18.8 Å². The molecular formula is C21H38N6O2. The Hall–Kier alpha value is -2.25. The molecule has 0 aromatic carbocycles. The van der Waals surface area contributed by atoms with E-state index in [1.807, 2.05) is 4.90 Å². The number of guanidine groups is 2. The van der Waals surface area contributed by atoms with Crippen LogP contribution in [-0.4, -0.2) is 48.5 Å². The maximum absolute atomic E-state index is 12.9. The lowest BCUT2D eigenvalue weighted by atomic mass is 9.96. The summed E-state index contributed by atoms with van der Waals surface area (Å²) in [6.07, 6.45) is 11.4. The Bertz CT molecular complexity index is 625. The second-order valence-electron chi connectivity index (χ2n) is 7.82. The molecule has 8 nitrogen and oxygen atoms in total. The van der Waals surface area contributed by atoms with E-state index in [-0.39, 0.29) is 18.0 Å². The lowest BCUT2D eigenvalue weighted by Crippen LogP contribution is -2.41. The van der Waals surface area contributed by atoms with Crippen molar-refractivity contribution in [2.75, 3.05) is 19.7 Å². The van der Waals surface area contributed by atoms with Crippen LogP contribution in [0.4, 0.5) is 0 Å². The van der Waals surface area contributed by atoms with Gasteiger partial charge in [-0.25, -0.2) is 9.79 Å². The smallest absolute Gasteiger partial charge is 0.337 e. The van der Waals surface area contributed by atoms with Gasteiger partial charge in [-0.15, -0.1) is 0 Å². The summed E-state index contributed by atoms with van der Waals surface area (Å²) in [5.74, 6) is 0.383. The number of fused-ring (bicyclic) bond motifs is 1. The van der Waals surface area contributed by atoms with Crippen molar-refractivity contribution >= 4 is 17.9 Å². The fraction of sp³-hybridized carbons (Fsp3) is 0.762. The van der Waals surface area contributed by atoms with Crippen molar-refractivity contribution in [1.29, 1.82) is 0 Å². The summed E-state index contributed by atoms with van der Waals surface area (Å²) in [4.78, 5) is 23.5. The molecule has 0 amide bonds. The molecule has 164 valence electrons. The highest BCUT2D eigenvalue weighted by atomic mass is 16.5. The van der Waals surface area contributed by atoms with E-state index < -0.39 is 0 Å². The molecule has 1 atom stereocenters. The van der Waals surface area contributed by atoms with Gasteiger partial charge in [0.15, 0.2) is 11.9 Å². The molecule has 8 heteroatoms. The molecular weight excluding hydrogens is 368 g/mol. The minimum Gasteiger partial charge on any atom is -0.462 e. The number of ether oxygens (including phenoxy) is 1. The van der Waals surface area contributed by atoms with Crippen LogP contribution in [0.2, 0.25) is 0 Å². The average molecular weight is 407 g/mol. The van der Waals surface area contributed by atoms with Crippen LogP contribution in [-0.2, 0) is 9.53 Å². The van der Waals surface area contributed by atoms with Crippen LogP contribution in [0.1, 0.15) is 77.6 Å². The normalized spacial score (nSPS) is 18.4. The van der Waals surface area contributed by atoms with E-state index in [0.29, 0.717) is 19.1 Å². The minimum atomic E-state index is -0.249. The van der Waals surface area contributed by atoms with Crippen molar-refractivity contribution in [3.8, 4) is 0 Å². The van der Waals surface area contributed by atoms with E-state index in [0.717, 1.165) is 62.8 Å². The Balaban J connectivity index is 1.90. The highest BCUT2D eigenvalue weighted by Crippen LogP contribution is 2.33. The van der Waals surface area contributed by atoms with Gasteiger partial charge in [-0.05, 0) is 32.1 Å². The van der Waals surface area contributed by atoms with Gasteiger partial charge in [-0.1, -0.05) is 45.4 Å². The van der Waals surface area contributed by atoms with E-state index in [1.54, 1.807) is 0 Å². The molecule has 2 heterocycles. The Morgan fingerprint density at radius 3 is 2.69 bits per heavy atom. The first-order valence-electron chi connectivity index (χ1n) is 11.1. The van der Waals surface area contributed by atoms with Gasteiger partial charge in [0.1, 0.15) is 0 Å². The number of allylic oxidation sites excluding steroid dienone is 1. The predicted octanol–water partition coefficient (Wildman–Crippen LogP) is 2.38. The van der Waals surface area contributed by atoms with Gasteiger partial charge in [-0.3, -0.25) is 4.99 Å². The molecule has 0 unspecified atom stereocenters. The summed E-state index contributed by atoms with van der Waals surface area (Å²) in [5.41, 5.74) is 18.5. The SMILES string of the molecule is CCCCCCCC[C@H]1N=C(N)N2CCCC2=C1C(=O)OCCCCN=C(N)N. The van der Waals surface area contributed by atoms with Crippen LogP contribution >= 0.6 is 0 Å². The summed E-state index contributed by atoms with van der Waals surface area (Å²) >= 11 is 0. The molecule has 0 bridgehead atoms. The molecule has 0 saturated carbocycles. The van der Waals surface area contributed by atoms with Crippen LogP contribution in [0.15, 0.2) is 21.3 Å². The van der Waals surface area contributed by atoms with E-state index in [4.69, 9.17) is 21.9 Å².